The van der Waals surface area contributed by atoms with E-state index in [9.17, 15) is 19.5 Å². The van der Waals surface area contributed by atoms with Crippen molar-refractivity contribution in [1.82, 2.24) is 9.80 Å². The molecule has 196 valence electrons. The maximum absolute atomic E-state index is 14.4. The molecule has 3 heterocycles. The predicted octanol–water partition coefficient (Wildman–Crippen LogP) is 3.06. The van der Waals surface area contributed by atoms with Gasteiger partial charge in [-0.05, 0) is 52.5 Å². The Morgan fingerprint density at radius 3 is 2.61 bits per heavy atom. The Labute approximate surface area is 218 Å². The quantitative estimate of drug-likeness (QED) is 0.403. The van der Waals surface area contributed by atoms with Crippen LogP contribution >= 0.6 is 11.8 Å². The monoisotopic (exact) mass is 514 g/mol. The van der Waals surface area contributed by atoms with Crippen LogP contribution in [0.1, 0.15) is 46.1 Å². The molecule has 2 unspecified atom stereocenters. The third kappa shape index (κ3) is 4.36. The van der Waals surface area contributed by atoms with E-state index in [1.807, 2.05) is 51.1 Å². The molecule has 4 rings (SSSR count). The first-order valence-electron chi connectivity index (χ1n) is 12.8. The molecule has 0 radical (unpaired) electrons. The molecule has 2 amide bonds. The molecule has 1 N–H and O–H groups in total. The average Bonchev–Trinajstić information content (AvgIpc) is 3.48. The van der Waals surface area contributed by atoms with E-state index in [4.69, 9.17) is 4.74 Å². The molecule has 2 bridgehead atoms. The van der Waals surface area contributed by atoms with Crippen molar-refractivity contribution in [3.63, 3.8) is 0 Å². The van der Waals surface area contributed by atoms with Gasteiger partial charge in [-0.3, -0.25) is 14.4 Å². The number of ether oxygens (including phenoxy) is 1. The Balaban J connectivity index is 1.81. The number of carbonyl (C=O) groups is 3. The summed E-state index contributed by atoms with van der Waals surface area (Å²) in [5.74, 6) is -1.93. The second-order valence-corrected chi connectivity index (χ2v) is 12.6. The van der Waals surface area contributed by atoms with Crippen molar-refractivity contribution in [3.05, 3.63) is 48.6 Å². The van der Waals surface area contributed by atoms with Gasteiger partial charge in [0.2, 0.25) is 11.8 Å². The second kappa shape index (κ2) is 10.2. The minimum atomic E-state index is -0.774. The fraction of sp³-hybridized carbons (Fsp3) is 0.607. The lowest BCUT2D eigenvalue weighted by atomic mass is 9.71. The molecular weight excluding hydrogens is 476 g/mol. The smallest absolute Gasteiger partial charge is 0.310 e. The number of hydrogen-bond acceptors (Lipinski definition) is 6. The van der Waals surface area contributed by atoms with Crippen molar-refractivity contribution in [3.8, 4) is 0 Å². The summed E-state index contributed by atoms with van der Waals surface area (Å²) in [6.45, 7) is 11.8. The number of aliphatic hydroxyl groups excluding tert-OH is 1. The second-order valence-electron chi connectivity index (χ2n) is 11.0. The SMILES string of the molecule is C=CCN(C(=O)C1N([C@@H](CO)Cc2ccccc2)C(=O)[C@@H]2[C@@H](C(=O)OCC)[C@H]3CCC12S3)C(C)(C)C. The molecule has 1 aromatic rings. The lowest BCUT2D eigenvalue weighted by Gasteiger charge is -2.43. The number of aliphatic hydroxyl groups is 1. The Bertz CT molecular complexity index is 1010. The molecule has 0 aliphatic carbocycles. The summed E-state index contributed by atoms with van der Waals surface area (Å²) >= 11 is 1.62. The van der Waals surface area contributed by atoms with Gasteiger partial charge in [0.15, 0.2) is 0 Å². The van der Waals surface area contributed by atoms with Crippen LogP contribution in [0.15, 0.2) is 43.0 Å². The van der Waals surface area contributed by atoms with Crippen molar-refractivity contribution >= 4 is 29.5 Å². The highest BCUT2D eigenvalue weighted by atomic mass is 32.2. The Hall–Kier alpha value is -2.32. The Kier molecular flexibility index (Phi) is 7.58. The fourth-order valence-electron chi connectivity index (χ4n) is 6.38. The van der Waals surface area contributed by atoms with Crippen LogP contribution in [0, 0.1) is 11.8 Å². The van der Waals surface area contributed by atoms with Gasteiger partial charge in [0.25, 0.3) is 0 Å². The highest BCUT2D eigenvalue weighted by Crippen LogP contribution is 2.67. The van der Waals surface area contributed by atoms with Gasteiger partial charge in [0.05, 0.1) is 35.8 Å². The van der Waals surface area contributed by atoms with Gasteiger partial charge < -0.3 is 19.6 Å². The number of nitrogens with zero attached hydrogens (tertiary/aromatic N) is 2. The van der Waals surface area contributed by atoms with Crippen LogP contribution in [0.3, 0.4) is 0 Å². The summed E-state index contributed by atoms with van der Waals surface area (Å²) < 4.78 is 4.69. The first-order valence-corrected chi connectivity index (χ1v) is 13.7. The topological polar surface area (TPSA) is 87.2 Å². The lowest BCUT2D eigenvalue weighted by Crippen LogP contribution is -2.60. The maximum Gasteiger partial charge on any atom is 0.310 e. The number of esters is 1. The molecule has 8 heteroatoms. The summed E-state index contributed by atoms with van der Waals surface area (Å²) in [5, 5.41) is 10.5. The number of hydrogen-bond donors (Lipinski definition) is 1. The normalized spacial score (nSPS) is 29.7. The number of benzene rings is 1. The van der Waals surface area contributed by atoms with Gasteiger partial charge in [-0.1, -0.05) is 36.4 Å². The maximum atomic E-state index is 14.4. The third-order valence-electron chi connectivity index (χ3n) is 7.84. The minimum Gasteiger partial charge on any atom is -0.466 e. The number of thioether (sulfide) groups is 1. The average molecular weight is 515 g/mol. The summed E-state index contributed by atoms with van der Waals surface area (Å²) in [6.07, 6.45) is 3.56. The first-order chi connectivity index (χ1) is 17.1. The first kappa shape index (κ1) is 26.7. The summed E-state index contributed by atoms with van der Waals surface area (Å²) in [7, 11) is 0. The van der Waals surface area contributed by atoms with Gasteiger partial charge in [0, 0.05) is 17.3 Å². The van der Waals surface area contributed by atoms with E-state index in [1.54, 1.807) is 34.6 Å². The Morgan fingerprint density at radius 2 is 2.03 bits per heavy atom. The van der Waals surface area contributed by atoms with Crippen LogP contribution in [0.25, 0.3) is 0 Å². The molecular formula is C28H38N2O5S. The van der Waals surface area contributed by atoms with Crippen molar-refractivity contribution in [2.24, 2.45) is 11.8 Å². The highest BCUT2D eigenvalue weighted by molar-refractivity contribution is 8.02. The number of amides is 2. The van der Waals surface area contributed by atoms with Crippen LogP contribution in [0.4, 0.5) is 0 Å². The van der Waals surface area contributed by atoms with Crippen molar-refractivity contribution in [2.75, 3.05) is 19.8 Å². The molecule has 3 fully saturated rings. The zero-order valence-corrected chi connectivity index (χ0v) is 22.5. The molecule has 3 saturated heterocycles. The largest absolute Gasteiger partial charge is 0.466 e. The van der Waals surface area contributed by atoms with Crippen molar-refractivity contribution < 1.29 is 24.2 Å². The molecule has 36 heavy (non-hydrogen) atoms. The predicted molar refractivity (Wildman–Crippen MR) is 140 cm³/mol. The van der Waals surface area contributed by atoms with Crippen molar-refractivity contribution in [2.45, 2.75) is 74.6 Å². The van der Waals surface area contributed by atoms with Gasteiger partial charge in [-0.25, -0.2) is 0 Å². The van der Waals surface area contributed by atoms with E-state index < -0.39 is 34.2 Å². The molecule has 6 atom stereocenters. The van der Waals surface area contributed by atoms with Crippen LogP contribution in [0.2, 0.25) is 0 Å². The standard InChI is InChI=1S/C28H38N2O5S/c1-6-15-29(27(3,4)5)25(33)23-28-14-13-20(36-28)21(26(34)35-7-2)22(28)24(32)30(23)19(17-31)16-18-11-9-8-10-12-18/h6,8-12,19-23,31H,1,7,13-17H2,2-5H3/t19-,20-,21+,22+,23?,28?/m1/s1. The van der Waals surface area contributed by atoms with Crippen LogP contribution in [0.5, 0.6) is 0 Å². The third-order valence-corrected chi connectivity index (χ3v) is 9.79. The van der Waals surface area contributed by atoms with E-state index in [0.29, 0.717) is 19.4 Å². The van der Waals surface area contributed by atoms with Crippen LogP contribution in [-0.2, 0) is 25.5 Å². The van der Waals surface area contributed by atoms with Crippen LogP contribution in [-0.4, -0.2) is 80.1 Å². The van der Waals surface area contributed by atoms with Crippen molar-refractivity contribution in [1.29, 1.82) is 0 Å². The summed E-state index contributed by atoms with van der Waals surface area (Å²) in [6, 6.07) is 8.33. The van der Waals surface area contributed by atoms with Gasteiger partial charge in [0.1, 0.15) is 6.04 Å². The van der Waals surface area contributed by atoms with E-state index in [2.05, 4.69) is 6.58 Å². The molecule has 0 saturated carbocycles. The highest BCUT2D eigenvalue weighted by Gasteiger charge is 2.75. The Morgan fingerprint density at radius 1 is 1.33 bits per heavy atom. The fourth-order valence-corrected chi connectivity index (χ4v) is 8.57. The minimum absolute atomic E-state index is 0.0420. The van der Waals surface area contributed by atoms with Gasteiger partial charge in [-0.2, -0.15) is 0 Å². The lowest BCUT2D eigenvalue weighted by molar-refractivity contribution is -0.154. The van der Waals surface area contributed by atoms with E-state index >= 15 is 0 Å². The molecule has 0 aromatic heterocycles. The van der Waals surface area contributed by atoms with Crippen LogP contribution < -0.4 is 0 Å². The molecule has 3 aliphatic heterocycles. The molecule has 7 nitrogen and oxygen atoms in total. The van der Waals surface area contributed by atoms with E-state index in [-0.39, 0.29) is 36.2 Å². The summed E-state index contributed by atoms with van der Waals surface area (Å²) in [5.41, 5.74) is 0.479. The molecule has 1 aromatic carbocycles. The number of rotatable bonds is 9. The number of fused-ring (bicyclic) bond motifs is 1. The summed E-state index contributed by atoms with van der Waals surface area (Å²) in [4.78, 5) is 45.1. The van der Waals surface area contributed by atoms with E-state index in [1.165, 1.54) is 0 Å². The molecule has 1 spiro atoms. The van der Waals surface area contributed by atoms with Gasteiger partial charge >= 0.3 is 5.97 Å². The zero-order chi connectivity index (χ0) is 26.3. The molecule has 3 aliphatic rings. The van der Waals surface area contributed by atoms with Gasteiger partial charge in [-0.15, -0.1) is 18.3 Å². The zero-order valence-electron chi connectivity index (χ0n) is 21.7. The van der Waals surface area contributed by atoms with E-state index in [0.717, 1.165) is 12.0 Å². The number of likely N-dealkylation sites (tertiary alicyclic amines) is 1. The number of carbonyl (C=O) groups excluding carboxylic acids is 3.